The number of rotatable bonds is 2. The first-order valence-corrected chi connectivity index (χ1v) is 5.97. The van der Waals surface area contributed by atoms with Gasteiger partial charge in [0.25, 0.3) is 0 Å². The second-order valence-corrected chi connectivity index (χ2v) is 4.58. The van der Waals surface area contributed by atoms with Gasteiger partial charge >= 0.3 is 0 Å². The van der Waals surface area contributed by atoms with Crippen molar-refractivity contribution >= 4 is 0 Å². The monoisotopic (exact) mass is 231 g/mol. The van der Waals surface area contributed by atoms with Gasteiger partial charge in [-0.2, -0.15) is 5.26 Å². The Balaban J connectivity index is 2.38. The van der Waals surface area contributed by atoms with Gasteiger partial charge in [-0.05, 0) is 30.5 Å². The molecule has 2 rings (SSSR count). The Bertz CT molecular complexity index is 438. The van der Waals surface area contributed by atoms with Crippen LogP contribution in [0.25, 0.3) is 0 Å². The summed E-state index contributed by atoms with van der Waals surface area (Å²) >= 11 is 0. The van der Waals surface area contributed by atoms with Crippen LogP contribution in [0.4, 0.5) is 0 Å². The quantitative estimate of drug-likeness (QED) is 0.851. The average molecular weight is 231 g/mol. The van der Waals surface area contributed by atoms with E-state index in [0.717, 1.165) is 30.6 Å². The number of aliphatic hydroxyl groups is 1. The van der Waals surface area contributed by atoms with Gasteiger partial charge in [0.2, 0.25) is 0 Å². The van der Waals surface area contributed by atoms with Crippen LogP contribution in [0.3, 0.4) is 0 Å². The molecule has 1 N–H and O–H groups in total. The van der Waals surface area contributed by atoms with Crippen molar-refractivity contribution in [2.24, 2.45) is 5.92 Å². The smallest absolute Gasteiger partial charge is 0.119 e. The van der Waals surface area contributed by atoms with Crippen molar-refractivity contribution in [1.29, 1.82) is 5.26 Å². The molecule has 90 valence electrons. The van der Waals surface area contributed by atoms with E-state index in [4.69, 9.17) is 4.74 Å². The van der Waals surface area contributed by atoms with Gasteiger partial charge in [0.1, 0.15) is 11.4 Å². The molecule has 1 aliphatic rings. The van der Waals surface area contributed by atoms with Crippen LogP contribution >= 0.6 is 0 Å². The maximum Gasteiger partial charge on any atom is 0.119 e. The van der Waals surface area contributed by atoms with Crippen LogP contribution in [-0.2, 0) is 5.60 Å². The molecular formula is C14H17NO2. The zero-order chi connectivity index (χ0) is 12.3. The molecule has 1 fully saturated rings. The van der Waals surface area contributed by atoms with Crippen LogP contribution in [0.5, 0.6) is 5.75 Å². The maximum atomic E-state index is 10.7. The Morgan fingerprint density at radius 1 is 1.47 bits per heavy atom. The summed E-state index contributed by atoms with van der Waals surface area (Å²) in [5, 5.41) is 19.9. The number of nitrogens with zero attached hydrogens (tertiary/aromatic N) is 1. The highest BCUT2D eigenvalue weighted by atomic mass is 16.5. The van der Waals surface area contributed by atoms with Gasteiger partial charge in [-0.25, -0.2) is 0 Å². The van der Waals surface area contributed by atoms with Gasteiger partial charge in [0.05, 0.1) is 19.1 Å². The molecule has 1 unspecified atom stereocenters. The van der Waals surface area contributed by atoms with Crippen molar-refractivity contribution in [3.8, 4) is 11.8 Å². The van der Waals surface area contributed by atoms with Gasteiger partial charge in [-0.3, -0.25) is 0 Å². The fraction of sp³-hybridized carbons (Fsp3) is 0.500. The molecule has 0 aliphatic heterocycles. The Labute approximate surface area is 102 Å². The molecule has 17 heavy (non-hydrogen) atoms. The first-order chi connectivity index (χ1) is 8.20. The molecule has 0 amide bonds. The zero-order valence-electron chi connectivity index (χ0n) is 10.0. The summed E-state index contributed by atoms with van der Waals surface area (Å²) in [6.45, 7) is 0. The average Bonchev–Trinajstić information content (AvgIpc) is 2.39. The van der Waals surface area contributed by atoms with Crippen LogP contribution in [0.2, 0.25) is 0 Å². The van der Waals surface area contributed by atoms with E-state index < -0.39 is 5.60 Å². The van der Waals surface area contributed by atoms with Gasteiger partial charge in [0.15, 0.2) is 0 Å². The van der Waals surface area contributed by atoms with Crippen LogP contribution in [0, 0.1) is 17.2 Å². The summed E-state index contributed by atoms with van der Waals surface area (Å²) in [6.07, 6.45) is 3.40. The summed E-state index contributed by atoms with van der Waals surface area (Å²) in [6, 6.07) is 9.64. The van der Waals surface area contributed by atoms with Gasteiger partial charge in [0, 0.05) is 0 Å². The molecule has 1 saturated carbocycles. The number of methoxy groups -OCH3 is 1. The van der Waals surface area contributed by atoms with E-state index in [0.29, 0.717) is 6.42 Å². The highest BCUT2D eigenvalue weighted by Gasteiger charge is 2.40. The standard InChI is InChI=1S/C14H17NO2/c1-17-13-7-4-6-11(9-13)14(16)8-3-2-5-12(14)10-15/h4,6-7,9,12,16H,2-3,5,8H2,1H3/t12-,14?/m1/s1. The minimum atomic E-state index is -1.01. The van der Waals surface area contributed by atoms with E-state index in [1.54, 1.807) is 7.11 Å². The zero-order valence-corrected chi connectivity index (χ0v) is 10.0. The molecule has 2 atom stereocenters. The Morgan fingerprint density at radius 3 is 3.00 bits per heavy atom. The summed E-state index contributed by atoms with van der Waals surface area (Å²) < 4.78 is 5.17. The van der Waals surface area contributed by atoms with Gasteiger partial charge in [-0.1, -0.05) is 25.0 Å². The normalized spacial score (nSPS) is 28.4. The SMILES string of the molecule is COc1cccc(C2(O)CCCC[C@@H]2C#N)c1. The molecule has 3 heteroatoms. The van der Waals surface area contributed by atoms with E-state index in [9.17, 15) is 10.4 Å². The first kappa shape index (κ1) is 11.9. The molecule has 1 aliphatic carbocycles. The minimum absolute atomic E-state index is 0.316. The highest BCUT2D eigenvalue weighted by Crippen LogP contribution is 2.42. The van der Waals surface area contributed by atoms with E-state index >= 15 is 0 Å². The molecule has 0 radical (unpaired) electrons. The molecule has 0 heterocycles. The lowest BCUT2D eigenvalue weighted by Gasteiger charge is -2.36. The predicted octanol–water partition coefficient (Wildman–Crippen LogP) is 2.60. The molecule has 0 aromatic heterocycles. The molecule has 3 nitrogen and oxygen atoms in total. The van der Waals surface area contributed by atoms with Crippen molar-refractivity contribution in [3.63, 3.8) is 0 Å². The third-order valence-corrected chi connectivity index (χ3v) is 3.60. The number of nitriles is 1. The lowest BCUT2D eigenvalue weighted by Crippen LogP contribution is -2.37. The fourth-order valence-electron chi connectivity index (χ4n) is 2.57. The van der Waals surface area contributed by atoms with E-state index in [1.807, 2.05) is 24.3 Å². The lowest BCUT2D eigenvalue weighted by molar-refractivity contribution is -0.0325. The summed E-state index contributed by atoms with van der Waals surface area (Å²) in [5.74, 6) is 0.404. The summed E-state index contributed by atoms with van der Waals surface area (Å²) in [4.78, 5) is 0. The largest absolute Gasteiger partial charge is 0.497 e. The lowest BCUT2D eigenvalue weighted by atomic mass is 9.72. The number of ether oxygens (including phenoxy) is 1. The van der Waals surface area contributed by atoms with Crippen molar-refractivity contribution < 1.29 is 9.84 Å². The van der Waals surface area contributed by atoms with Crippen LogP contribution in [0.1, 0.15) is 31.2 Å². The number of benzene rings is 1. The van der Waals surface area contributed by atoms with Crippen LogP contribution in [0.15, 0.2) is 24.3 Å². The van der Waals surface area contributed by atoms with E-state index in [1.165, 1.54) is 0 Å². The number of hydrogen-bond acceptors (Lipinski definition) is 3. The van der Waals surface area contributed by atoms with Gasteiger partial charge in [-0.15, -0.1) is 0 Å². The Morgan fingerprint density at radius 2 is 2.29 bits per heavy atom. The molecular weight excluding hydrogens is 214 g/mol. The first-order valence-electron chi connectivity index (χ1n) is 5.97. The van der Waals surface area contributed by atoms with E-state index in [2.05, 4.69) is 6.07 Å². The Hall–Kier alpha value is -1.53. The fourth-order valence-corrected chi connectivity index (χ4v) is 2.57. The minimum Gasteiger partial charge on any atom is -0.497 e. The Kier molecular flexibility index (Phi) is 3.35. The molecule has 1 aromatic rings. The van der Waals surface area contributed by atoms with Crippen molar-refractivity contribution in [2.75, 3.05) is 7.11 Å². The molecule has 1 aromatic carbocycles. The van der Waals surface area contributed by atoms with Crippen LogP contribution in [-0.4, -0.2) is 12.2 Å². The molecule has 0 spiro atoms. The van der Waals surface area contributed by atoms with E-state index in [-0.39, 0.29) is 5.92 Å². The van der Waals surface area contributed by atoms with Crippen molar-refractivity contribution in [2.45, 2.75) is 31.3 Å². The summed E-state index contributed by atoms with van der Waals surface area (Å²) in [7, 11) is 1.60. The topological polar surface area (TPSA) is 53.2 Å². The van der Waals surface area contributed by atoms with Crippen molar-refractivity contribution in [1.82, 2.24) is 0 Å². The van der Waals surface area contributed by atoms with Crippen molar-refractivity contribution in [3.05, 3.63) is 29.8 Å². The third-order valence-electron chi connectivity index (χ3n) is 3.60. The maximum absolute atomic E-state index is 10.7. The summed E-state index contributed by atoms with van der Waals surface area (Å²) in [5.41, 5.74) is -0.218. The number of hydrogen-bond donors (Lipinski definition) is 1. The second kappa shape index (κ2) is 4.77. The second-order valence-electron chi connectivity index (χ2n) is 4.58. The van der Waals surface area contributed by atoms with Crippen LogP contribution < -0.4 is 4.74 Å². The van der Waals surface area contributed by atoms with Gasteiger partial charge < -0.3 is 9.84 Å². The molecule has 0 bridgehead atoms. The molecule has 0 saturated heterocycles. The predicted molar refractivity (Wildman–Crippen MR) is 64.5 cm³/mol. The third kappa shape index (κ3) is 2.13. The highest BCUT2D eigenvalue weighted by molar-refractivity contribution is 5.34.